The molecule has 0 radical (unpaired) electrons. The maximum atomic E-state index is 11.5. The molecule has 1 saturated heterocycles. The summed E-state index contributed by atoms with van der Waals surface area (Å²) in [5.74, 6) is 1.55. The first-order valence-corrected chi connectivity index (χ1v) is 12.9. The first-order chi connectivity index (χ1) is 12.5. The molecule has 0 bridgehead atoms. The molecule has 0 amide bonds. The van der Waals surface area contributed by atoms with Crippen LogP contribution < -0.4 is 0 Å². The lowest BCUT2D eigenvalue weighted by Crippen LogP contribution is -2.45. The molecule has 1 rings (SSSR count). The van der Waals surface area contributed by atoms with Crippen LogP contribution >= 0.6 is 0 Å². The SMILES string of the molecule is COC(=O)/C=C/[C@H](C)[C@H](/C=C/B1OC(C)(C)C(C)(C)O1)O[Si](C)(C)C(C)(C)C. The first kappa shape index (κ1) is 25.1. The van der Waals surface area contributed by atoms with Gasteiger partial charge in [-0.25, -0.2) is 4.79 Å². The lowest BCUT2D eigenvalue weighted by Gasteiger charge is -2.39. The van der Waals surface area contributed by atoms with Crippen molar-refractivity contribution in [1.82, 2.24) is 0 Å². The van der Waals surface area contributed by atoms with Gasteiger partial charge >= 0.3 is 13.1 Å². The molecule has 0 saturated carbocycles. The molecule has 0 aliphatic carbocycles. The highest BCUT2D eigenvalue weighted by Crippen LogP contribution is 2.39. The summed E-state index contributed by atoms with van der Waals surface area (Å²) in [6.45, 7) is 21.2. The van der Waals surface area contributed by atoms with E-state index in [1.54, 1.807) is 0 Å². The van der Waals surface area contributed by atoms with Gasteiger partial charge in [-0.05, 0) is 45.8 Å². The van der Waals surface area contributed by atoms with Gasteiger partial charge in [-0.3, -0.25) is 0 Å². The summed E-state index contributed by atoms with van der Waals surface area (Å²) in [6.07, 6.45) is 5.10. The van der Waals surface area contributed by atoms with Crippen molar-refractivity contribution in [2.45, 2.75) is 90.8 Å². The van der Waals surface area contributed by atoms with Crippen LogP contribution in [-0.2, 0) is 23.3 Å². The van der Waals surface area contributed by atoms with Crippen molar-refractivity contribution in [3.8, 4) is 0 Å². The topological polar surface area (TPSA) is 54.0 Å². The van der Waals surface area contributed by atoms with E-state index >= 15 is 0 Å². The van der Waals surface area contributed by atoms with Gasteiger partial charge in [0, 0.05) is 12.0 Å². The lowest BCUT2D eigenvalue weighted by molar-refractivity contribution is -0.134. The Morgan fingerprint density at radius 2 is 1.57 bits per heavy atom. The van der Waals surface area contributed by atoms with Gasteiger partial charge in [0.05, 0.1) is 24.4 Å². The third-order valence-corrected chi connectivity index (χ3v) is 10.7. The predicted octanol–water partition coefficient (Wildman–Crippen LogP) is 4.93. The van der Waals surface area contributed by atoms with E-state index in [-0.39, 0.29) is 34.2 Å². The fourth-order valence-corrected chi connectivity index (χ4v) is 3.74. The summed E-state index contributed by atoms with van der Waals surface area (Å²) in [5, 5.41) is 0.0786. The third kappa shape index (κ3) is 6.31. The number of hydrogen-bond acceptors (Lipinski definition) is 5. The van der Waals surface area contributed by atoms with Crippen LogP contribution in [0.3, 0.4) is 0 Å². The lowest BCUT2D eigenvalue weighted by atomic mass is 9.88. The fraction of sp³-hybridized carbons (Fsp3) is 0.762. The molecule has 0 aromatic rings. The van der Waals surface area contributed by atoms with Crippen LogP contribution in [0.1, 0.15) is 55.4 Å². The number of hydrogen-bond donors (Lipinski definition) is 0. The molecule has 0 N–H and O–H groups in total. The van der Waals surface area contributed by atoms with Crippen molar-refractivity contribution >= 4 is 21.4 Å². The number of carbonyl (C=O) groups excluding carboxylic acids is 1. The maximum absolute atomic E-state index is 11.5. The molecule has 0 aromatic carbocycles. The van der Waals surface area contributed by atoms with E-state index in [2.05, 4.69) is 33.9 Å². The van der Waals surface area contributed by atoms with E-state index in [0.717, 1.165) is 0 Å². The zero-order chi connectivity index (χ0) is 22.0. The number of carbonyl (C=O) groups is 1. The van der Waals surface area contributed by atoms with Crippen molar-refractivity contribution in [2.75, 3.05) is 7.11 Å². The van der Waals surface area contributed by atoms with Crippen LogP contribution in [0.2, 0.25) is 18.1 Å². The van der Waals surface area contributed by atoms with Gasteiger partial charge in [0.1, 0.15) is 0 Å². The van der Waals surface area contributed by atoms with Gasteiger partial charge in [-0.1, -0.05) is 45.8 Å². The quantitative estimate of drug-likeness (QED) is 0.338. The maximum Gasteiger partial charge on any atom is 0.486 e. The summed E-state index contributed by atoms with van der Waals surface area (Å²) in [6, 6.07) is 0. The van der Waals surface area contributed by atoms with Gasteiger partial charge in [-0.15, -0.1) is 0 Å². The molecule has 28 heavy (non-hydrogen) atoms. The van der Waals surface area contributed by atoms with Gasteiger partial charge in [0.25, 0.3) is 0 Å². The normalized spacial score (nSPS) is 22.0. The van der Waals surface area contributed by atoms with Gasteiger partial charge in [-0.2, -0.15) is 0 Å². The van der Waals surface area contributed by atoms with Crippen LogP contribution in [0.5, 0.6) is 0 Å². The minimum Gasteiger partial charge on any atom is -0.466 e. The van der Waals surface area contributed by atoms with Crippen LogP contribution in [0.4, 0.5) is 0 Å². The summed E-state index contributed by atoms with van der Waals surface area (Å²) in [4.78, 5) is 11.5. The Balaban J connectivity index is 3.04. The summed E-state index contributed by atoms with van der Waals surface area (Å²) >= 11 is 0. The molecule has 7 heteroatoms. The molecule has 1 fully saturated rings. The Hall–Kier alpha value is -0.888. The molecule has 1 aliphatic rings. The Morgan fingerprint density at radius 3 is 2.00 bits per heavy atom. The average Bonchev–Trinajstić information content (AvgIpc) is 2.74. The first-order valence-electron chi connectivity index (χ1n) is 10.0. The highest BCUT2D eigenvalue weighted by atomic mass is 28.4. The van der Waals surface area contributed by atoms with E-state index in [4.69, 9.17) is 18.5 Å². The molecule has 0 unspecified atom stereocenters. The summed E-state index contributed by atoms with van der Waals surface area (Å²) < 4.78 is 23.5. The smallest absolute Gasteiger partial charge is 0.466 e. The van der Waals surface area contributed by atoms with Gasteiger partial charge < -0.3 is 18.5 Å². The summed E-state index contributed by atoms with van der Waals surface area (Å²) in [7, 11) is -1.06. The van der Waals surface area contributed by atoms with Crippen LogP contribution in [0.15, 0.2) is 24.2 Å². The zero-order valence-electron chi connectivity index (χ0n) is 19.6. The van der Waals surface area contributed by atoms with E-state index in [1.807, 2.05) is 52.7 Å². The van der Waals surface area contributed by atoms with Crippen molar-refractivity contribution in [3.05, 3.63) is 24.2 Å². The molecule has 160 valence electrons. The van der Waals surface area contributed by atoms with E-state index < -0.39 is 15.4 Å². The predicted molar refractivity (Wildman–Crippen MR) is 118 cm³/mol. The molecule has 2 atom stereocenters. The van der Waals surface area contributed by atoms with E-state index in [0.29, 0.717) is 0 Å². The minimum atomic E-state index is -2.01. The Kier molecular flexibility index (Phi) is 7.96. The van der Waals surface area contributed by atoms with Gasteiger partial charge in [0.2, 0.25) is 0 Å². The van der Waals surface area contributed by atoms with E-state index in [9.17, 15) is 4.79 Å². The summed E-state index contributed by atoms with van der Waals surface area (Å²) in [5.41, 5.74) is -0.762. The zero-order valence-corrected chi connectivity index (χ0v) is 20.6. The molecule has 1 aliphatic heterocycles. The fourth-order valence-electron chi connectivity index (χ4n) is 2.41. The van der Waals surface area contributed by atoms with Crippen LogP contribution in [0.25, 0.3) is 0 Å². The van der Waals surface area contributed by atoms with Gasteiger partial charge in [0.15, 0.2) is 8.32 Å². The molecule has 1 heterocycles. The minimum absolute atomic E-state index is 0.00750. The standard InChI is InChI=1S/C21H39BO5Si/c1-16(12-13-18(23)24-9)17(25-28(10,11)19(2,3)4)14-15-22-26-20(5,6)21(7,8)27-22/h12-17H,1-11H3/b13-12+,15-14+/t16-,17-/m0/s1. The van der Waals surface area contributed by atoms with Crippen molar-refractivity contribution in [1.29, 1.82) is 0 Å². The highest BCUT2D eigenvalue weighted by Gasteiger charge is 2.50. The van der Waals surface area contributed by atoms with Crippen molar-refractivity contribution in [2.24, 2.45) is 5.92 Å². The largest absolute Gasteiger partial charge is 0.486 e. The second-order valence-electron chi connectivity index (χ2n) is 10.1. The molecule has 0 spiro atoms. The third-order valence-electron chi connectivity index (χ3n) is 6.22. The number of methoxy groups -OCH3 is 1. The number of rotatable bonds is 7. The average molecular weight is 410 g/mol. The van der Waals surface area contributed by atoms with Crippen molar-refractivity contribution < 1.29 is 23.3 Å². The number of esters is 1. The molecular formula is C21H39BO5Si. The monoisotopic (exact) mass is 410 g/mol. The van der Waals surface area contributed by atoms with Crippen LogP contribution in [0, 0.1) is 5.92 Å². The highest BCUT2D eigenvalue weighted by molar-refractivity contribution is 6.74. The second kappa shape index (κ2) is 8.86. The number of ether oxygens (including phenoxy) is 1. The van der Waals surface area contributed by atoms with E-state index in [1.165, 1.54) is 13.2 Å². The Morgan fingerprint density at radius 1 is 1.07 bits per heavy atom. The van der Waals surface area contributed by atoms with Crippen LogP contribution in [-0.4, -0.2) is 45.8 Å². The molecule has 5 nitrogen and oxygen atoms in total. The molecule has 0 aromatic heterocycles. The molecular weight excluding hydrogens is 371 g/mol. The second-order valence-corrected chi connectivity index (χ2v) is 14.9. The Labute approximate surface area is 173 Å². The Bertz CT molecular complexity index is 588. The van der Waals surface area contributed by atoms with Crippen molar-refractivity contribution in [3.63, 3.8) is 0 Å².